The maximum Gasteiger partial charge on any atom is 0.200 e. The van der Waals surface area contributed by atoms with E-state index in [4.69, 9.17) is 0 Å². The van der Waals surface area contributed by atoms with E-state index in [0.29, 0.717) is 16.6 Å². The number of nitrogens with zero attached hydrogens (tertiary/aromatic N) is 1. The minimum atomic E-state index is -1.14. The van der Waals surface area contributed by atoms with Crippen molar-refractivity contribution in [3.8, 4) is 0 Å². The van der Waals surface area contributed by atoms with Crippen molar-refractivity contribution in [1.82, 2.24) is 9.97 Å². The van der Waals surface area contributed by atoms with Gasteiger partial charge in [0.2, 0.25) is 5.78 Å². The molecule has 4 aromatic rings. The molecule has 0 fully saturated rings. The molecule has 4 rings (SSSR count). The Labute approximate surface area is 177 Å². The number of H-pyrrole nitrogens is 1. The van der Waals surface area contributed by atoms with E-state index < -0.39 is 24.3 Å². The van der Waals surface area contributed by atoms with Crippen molar-refractivity contribution in [1.29, 1.82) is 0 Å². The van der Waals surface area contributed by atoms with Crippen LogP contribution in [0.4, 0.5) is 4.39 Å². The molecular formula is C24H19FN2O4. The highest BCUT2D eigenvalue weighted by Crippen LogP contribution is 2.29. The summed E-state index contributed by atoms with van der Waals surface area (Å²) in [5.41, 5.74) is 1.78. The third kappa shape index (κ3) is 4.09. The molecule has 7 heteroatoms. The van der Waals surface area contributed by atoms with Crippen LogP contribution in [0.15, 0.2) is 72.8 Å². The van der Waals surface area contributed by atoms with Crippen LogP contribution in [0.2, 0.25) is 0 Å². The average Bonchev–Trinajstić information content (AvgIpc) is 3.22. The Balaban J connectivity index is 1.92. The predicted molar refractivity (Wildman–Crippen MR) is 115 cm³/mol. The molecule has 0 bridgehead atoms. The number of rotatable bonds is 6. The number of aromatic amines is 1. The predicted octanol–water partition coefficient (Wildman–Crippen LogP) is 4.04. The molecule has 6 nitrogen and oxygen atoms in total. The molecule has 0 aliphatic rings. The number of fused-ring (bicyclic) bond motifs is 1. The number of Topliss-reactive ketones (excluding diaryl/α,β-unsaturated/α-hetero) is 1. The monoisotopic (exact) mass is 418 g/mol. The van der Waals surface area contributed by atoms with Gasteiger partial charge in [-0.2, -0.15) is 0 Å². The van der Waals surface area contributed by atoms with E-state index in [1.807, 2.05) is 6.07 Å². The second-order valence-electron chi connectivity index (χ2n) is 6.99. The first-order valence-electron chi connectivity index (χ1n) is 9.56. The molecule has 3 aromatic carbocycles. The van der Waals surface area contributed by atoms with Gasteiger partial charge in [-0.05, 0) is 35.9 Å². The van der Waals surface area contributed by atoms with Crippen molar-refractivity contribution in [3.05, 3.63) is 101 Å². The van der Waals surface area contributed by atoms with Crippen LogP contribution in [0.3, 0.4) is 0 Å². The number of nitrogens with one attached hydrogen (secondary N) is 1. The summed E-state index contributed by atoms with van der Waals surface area (Å²) in [4.78, 5) is 20.8. The number of hydrogen-bond acceptors (Lipinski definition) is 5. The quantitative estimate of drug-likeness (QED) is 0.215. The standard InChI is InChI=1S/C24H19FN2O4/c25-17-8-4-7-16(12-17)23(31)21(24-26-18-9-1-2-10-19(18)27-24)22(30)15-6-3-5-14(11-15)20(29)13-28/h1-12,20,28-30H,13H2,(H,26,27)/b22-21-. The van der Waals surface area contributed by atoms with E-state index in [9.17, 15) is 24.5 Å². The number of aromatic nitrogens is 2. The fraction of sp³-hybridized carbons (Fsp3) is 0.0833. The van der Waals surface area contributed by atoms with Gasteiger partial charge in [0.1, 0.15) is 29.1 Å². The molecule has 0 amide bonds. The number of benzene rings is 3. The number of ketones is 1. The zero-order valence-corrected chi connectivity index (χ0v) is 16.3. The SMILES string of the molecule is O=C(/C(=C(/O)c1cccc(C(O)CO)c1)c1nc2ccccc2[nH]1)c1cccc(F)c1. The molecule has 0 saturated carbocycles. The summed E-state index contributed by atoms with van der Waals surface area (Å²) in [6.45, 7) is -0.493. The first-order valence-corrected chi connectivity index (χ1v) is 9.56. The number of para-hydroxylation sites is 2. The fourth-order valence-corrected chi connectivity index (χ4v) is 3.32. The Morgan fingerprint density at radius 3 is 2.48 bits per heavy atom. The third-order valence-corrected chi connectivity index (χ3v) is 4.89. The number of hydrogen-bond donors (Lipinski definition) is 4. The maximum absolute atomic E-state index is 13.8. The first-order chi connectivity index (χ1) is 15.0. The van der Waals surface area contributed by atoms with E-state index in [1.54, 1.807) is 36.4 Å². The highest BCUT2D eigenvalue weighted by Gasteiger charge is 2.24. The lowest BCUT2D eigenvalue weighted by Gasteiger charge is -2.12. The van der Waals surface area contributed by atoms with Gasteiger partial charge >= 0.3 is 0 Å². The molecule has 1 heterocycles. The van der Waals surface area contributed by atoms with E-state index in [0.717, 1.165) is 6.07 Å². The second-order valence-corrected chi connectivity index (χ2v) is 6.99. The maximum atomic E-state index is 13.8. The zero-order valence-electron chi connectivity index (χ0n) is 16.3. The van der Waals surface area contributed by atoms with Crippen molar-refractivity contribution in [2.24, 2.45) is 0 Å². The molecule has 1 atom stereocenters. The van der Waals surface area contributed by atoms with Gasteiger partial charge in [0, 0.05) is 11.1 Å². The molecule has 0 aliphatic carbocycles. The normalized spacial score (nSPS) is 13.1. The summed E-state index contributed by atoms with van der Waals surface area (Å²) in [6, 6.07) is 18.5. The summed E-state index contributed by atoms with van der Waals surface area (Å²) in [5.74, 6) is -1.46. The van der Waals surface area contributed by atoms with Crippen LogP contribution in [0, 0.1) is 5.82 Å². The summed E-state index contributed by atoms with van der Waals surface area (Å²) in [6.07, 6.45) is -1.14. The number of carbonyl (C=O) groups excluding carboxylic acids is 1. The number of aliphatic hydroxyl groups excluding tert-OH is 3. The van der Waals surface area contributed by atoms with Crippen molar-refractivity contribution >= 4 is 28.1 Å². The van der Waals surface area contributed by atoms with E-state index in [2.05, 4.69) is 9.97 Å². The summed E-state index contributed by atoms with van der Waals surface area (Å²) in [7, 11) is 0. The van der Waals surface area contributed by atoms with Gasteiger partial charge < -0.3 is 20.3 Å². The Morgan fingerprint density at radius 1 is 1.00 bits per heavy atom. The van der Waals surface area contributed by atoms with Crippen LogP contribution >= 0.6 is 0 Å². The van der Waals surface area contributed by atoms with Crippen LogP contribution in [0.5, 0.6) is 0 Å². The Hall–Kier alpha value is -3.81. The van der Waals surface area contributed by atoms with Crippen LogP contribution in [-0.4, -0.2) is 37.7 Å². The van der Waals surface area contributed by atoms with Crippen LogP contribution in [0.1, 0.15) is 33.4 Å². The molecule has 156 valence electrons. The van der Waals surface area contributed by atoms with Gasteiger partial charge in [0.05, 0.1) is 17.6 Å². The highest BCUT2D eigenvalue weighted by molar-refractivity contribution is 6.33. The third-order valence-electron chi connectivity index (χ3n) is 4.89. The lowest BCUT2D eigenvalue weighted by atomic mass is 9.97. The van der Waals surface area contributed by atoms with Gasteiger partial charge in [-0.25, -0.2) is 9.37 Å². The lowest BCUT2D eigenvalue weighted by molar-refractivity contribution is 0.0956. The number of aliphatic hydroxyl groups is 3. The average molecular weight is 418 g/mol. The summed E-state index contributed by atoms with van der Waals surface area (Å²) >= 11 is 0. The lowest BCUT2D eigenvalue weighted by Crippen LogP contribution is -2.08. The molecule has 0 saturated heterocycles. The number of carbonyl (C=O) groups is 1. The minimum absolute atomic E-state index is 0.0496. The largest absolute Gasteiger partial charge is 0.506 e. The van der Waals surface area contributed by atoms with Crippen molar-refractivity contribution in [3.63, 3.8) is 0 Å². The van der Waals surface area contributed by atoms with Gasteiger partial charge in [0.25, 0.3) is 0 Å². The molecule has 1 aromatic heterocycles. The topological polar surface area (TPSA) is 106 Å². The molecule has 0 spiro atoms. The van der Waals surface area contributed by atoms with Crippen LogP contribution in [-0.2, 0) is 0 Å². The Kier molecular flexibility index (Phi) is 5.62. The van der Waals surface area contributed by atoms with Crippen LogP contribution in [0.25, 0.3) is 22.4 Å². The smallest absolute Gasteiger partial charge is 0.200 e. The van der Waals surface area contributed by atoms with Gasteiger partial charge in [0.15, 0.2) is 0 Å². The Bertz CT molecular complexity index is 1260. The van der Waals surface area contributed by atoms with Crippen molar-refractivity contribution in [2.75, 3.05) is 6.61 Å². The molecule has 4 N–H and O–H groups in total. The number of halogens is 1. The fourth-order valence-electron chi connectivity index (χ4n) is 3.32. The van der Waals surface area contributed by atoms with Gasteiger partial charge in [-0.1, -0.05) is 42.5 Å². The zero-order chi connectivity index (χ0) is 22.0. The summed E-state index contributed by atoms with van der Waals surface area (Å²) in [5, 5.41) is 30.2. The second kappa shape index (κ2) is 8.51. The summed E-state index contributed by atoms with van der Waals surface area (Å²) < 4.78 is 13.8. The van der Waals surface area contributed by atoms with E-state index >= 15 is 0 Å². The van der Waals surface area contributed by atoms with Crippen molar-refractivity contribution < 1.29 is 24.5 Å². The van der Waals surface area contributed by atoms with Gasteiger partial charge in [-0.15, -0.1) is 0 Å². The molecule has 0 radical (unpaired) electrons. The number of imidazole rings is 1. The number of allylic oxidation sites excluding steroid dienone is 1. The molecular weight excluding hydrogens is 399 g/mol. The Morgan fingerprint density at radius 2 is 1.74 bits per heavy atom. The van der Waals surface area contributed by atoms with Crippen molar-refractivity contribution in [2.45, 2.75) is 6.10 Å². The first kappa shape index (κ1) is 20.5. The van der Waals surface area contributed by atoms with Gasteiger partial charge in [-0.3, -0.25) is 4.79 Å². The molecule has 0 aliphatic heterocycles. The highest BCUT2D eigenvalue weighted by atomic mass is 19.1. The van der Waals surface area contributed by atoms with E-state index in [1.165, 1.54) is 24.3 Å². The molecule has 31 heavy (non-hydrogen) atoms. The van der Waals surface area contributed by atoms with E-state index in [-0.39, 0.29) is 28.3 Å². The molecule has 1 unspecified atom stereocenters. The minimum Gasteiger partial charge on any atom is -0.506 e. The van der Waals surface area contributed by atoms with Crippen LogP contribution < -0.4 is 0 Å².